The molecular formula is C11H16N2. The minimum absolute atomic E-state index is 0.176. The van der Waals surface area contributed by atoms with Crippen LogP contribution in [-0.2, 0) is 0 Å². The molecule has 0 amide bonds. The van der Waals surface area contributed by atoms with Crippen molar-refractivity contribution in [1.82, 2.24) is 4.90 Å². The molecule has 3 saturated heterocycles. The molecule has 3 aliphatic heterocycles. The summed E-state index contributed by atoms with van der Waals surface area (Å²) in [6.07, 6.45) is 5.61. The monoisotopic (exact) mass is 176 g/mol. The van der Waals surface area contributed by atoms with E-state index < -0.39 is 0 Å². The van der Waals surface area contributed by atoms with E-state index in [1.165, 1.54) is 12.8 Å². The highest BCUT2D eigenvalue weighted by Crippen LogP contribution is 2.34. The number of hydrogen-bond acceptors (Lipinski definition) is 2. The molecule has 0 aromatic heterocycles. The largest absolute Gasteiger partial charge is 0.287 e. The predicted molar refractivity (Wildman–Crippen MR) is 52.0 cm³/mol. The molecule has 2 nitrogen and oxygen atoms in total. The van der Waals surface area contributed by atoms with E-state index >= 15 is 0 Å². The van der Waals surface area contributed by atoms with Crippen LogP contribution in [0.3, 0.4) is 0 Å². The van der Waals surface area contributed by atoms with Gasteiger partial charge in [-0.05, 0) is 37.6 Å². The molecule has 0 aromatic rings. The van der Waals surface area contributed by atoms with Crippen LogP contribution in [0.4, 0.5) is 0 Å². The van der Waals surface area contributed by atoms with Crippen molar-refractivity contribution in [3.8, 4) is 6.07 Å². The summed E-state index contributed by atoms with van der Waals surface area (Å²) in [5.74, 6) is 1.43. The summed E-state index contributed by atoms with van der Waals surface area (Å²) in [5.41, 5.74) is 0. The highest BCUT2D eigenvalue weighted by Gasteiger charge is 2.34. The summed E-state index contributed by atoms with van der Waals surface area (Å²) >= 11 is 0. The SMILES string of the molecule is C=C[C@H]1CN2CC[C@H]1CC[C@@H]2C#N. The molecule has 3 aliphatic rings. The van der Waals surface area contributed by atoms with Gasteiger partial charge in [-0.3, -0.25) is 4.90 Å². The molecule has 3 rings (SSSR count). The van der Waals surface area contributed by atoms with E-state index in [0.717, 1.165) is 25.4 Å². The lowest BCUT2D eigenvalue weighted by Crippen LogP contribution is -2.41. The van der Waals surface area contributed by atoms with Crippen LogP contribution in [0.2, 0.25) is 0 Å². The van der Waals surface area contributed by atoms with E-state index in [9.17, 15) is 0 Å². The molecular weight excluding hydrogens is 160 g/mol. The van der Waals surface area contributed by atoms with Crippen molar-refractivity contribution in [3.05, 3.63) is 12.7 Å². The van der Waals surface area contributed by atoms with Crippen molar-refractivity contribution >= 4 is 0 Å². The molecule has 13 heavy (non-hydrogen) atoms. The van der Waals surface area contributed by atoms with Gasteiger partial charge in [-0.25, -0.2) is 0 Å². The van der Waals surface area contributed by atoms with Crippen molar-refractivity contribution in [1.29, 1.82) is 5.26 Å². The summed E-state index contributed by atoms with van der Waals surface area (Å²) < 4.78 is 0. The number of rotatable bonds is 1. The summed E-state index contributed by atoms with van der Waals surface area (Å²) in [6, 6.07) is 2.58. The Morgan fingerprint density at radius 1 is 1.38 bits per heavy atom. The zero-order valence-corrected chi connectivity index (χ0v) is 7.95. The average molecular weight is 176 g/mol. The van der Waals surface area contributed by atoms with Gasteiger partial charge < -0.3 is 0 Å². The molecule has 4 atom stereocenters. The lowest BCUT2D eigenvalue weighted by molar-refractivity contribution is 0.161. The molecule has 3 fully saturated rings. The fourth-order valence-electron chi connectivity index (χ4n) is 2.67. The van der Waals surface area contributed by atoms with Crippen LogP contribution in [0.15, 0.2) is 12.7 Å². The lowest BCUT2D eigenvalue weighted by atomic mass is 9.85. The minimum atomic E-state index is 0.176. The summed E-state index contributed by atoms with van der Waals surface area (Å²) in [7, 11) is 0. The van der Waals surface area contributed by atoms with Gasteiger partial charge in [-0.15, -0.1) is 6.58 Å². The smallest absolute Gasteiger partial charge is 0.0978 e. The molecule has 0 saturated carbocycles. The zero-order chi connectivity index (χ0) is 9.26. The van der Waals surface area contributed by atoms with Gasteiger partial charge >= 0.3 is 0 Å². The number of nitriles is 1. The molecule has 0 aliphatic carbocycles. The first kappa shape index (κ1) is 8.77. The van der Waals surface area contributed by atoms with Crippen LogP contribution in [-0.4, -0.2) is 24.0 Å². The van der Waals surface area contributed by atoms with Crippen LogP contribution in [0.1, 0.15) is 19.3 Å². The van der Waals surface area contributed by atoms with Crippen LogP contribution in [0.5, 0.6) is 0 Å². The third-order valence-corrected chi connectivity index (χ3v) is 3.54. The normalized spacial score (nSPS) is 43.6. The third-order valence-electron chi connectivity index (χ3n) is 3.54. The number of hydrogen-bond donors (Lipinski definition) is 0. The van der Waals surface area contributed by atoms with Gasteiger partial charge in [0, 0.05) is 6.54 Å². The molecule has 0 radical (unpaired) electrons. The summed E-state index contributed by atoms with van der Waals surface area (Å²) in [5, 5.41) is 8.98. The Balaban J connectivity index is 2.16. The van der Waals surface area contributed by atoms with E-state index in [1.54, 1.807) is 0 Å². The van der Waals surface area contributed by atoms with E-state index in [-0.39, 0.29) is 6.04 Å². The molecule has 0 aromatic carbocycles. The van der Waals surface area contributed by atoms with Crippen molar-refractivity contribution in [2.45, 2.75) is 25.3 Å². The van der Waals surface area contributed by atoms with E-state index in [2.05, 4.69) is 23.6 Å². The Morgan fingerprint density at radius 2 is 2.23 bits per heavy atom. The Labute approximate surface area is 79.8 Å². The molecule has 70 valence electrons. The van der Waals surface area contributed by atoms with E-state index in [0.29, 0.717) is 5.92 Å². The lowest BCUT2D eigenvalue weighted by Gasteiger charge is -2.34. The van der Waals surface area contributed by atoms with E-state index in [4.69, 9.17) is 5.26 Å². The summed E-state index contributed by atoms with van der Waals surface area (Å²) in [4.78, 5) is 2.33. The van der Waals surface area contributed by atoms with Crippen molar-refractivity contribution in [3.63, 3.8) is 0 Å². The zero-order valence-electron chi connectivity index (χ0n) is 7.95. The number of piperidine rings is 1. The number of nitrogens with zero attached hydrogens (tertiary/aromatic N) is 2. The van der Waals surface area contributed by atoms with Gasteiger partial charge in [0.15, 0.2) is 0 Å². The fraction of sp³-hybridized carbons (Fsp3) is 0.727. The second-order valence-corrected chi connectivity index (χ2v) is 4.17. The van der Waals surface area contributed by atoms with Crippen molar-refractivity contribution < 1.29 is 0 Å². The van der Waals surface area contributed by atoms with Gasteiger partial charge in [-0.2, -0.15) is 5.26 Å². The van der Waals surface area contributed by atoms with Crippen molar-refractivity contribution in [2.24, 2.45) is 11.8 Å². The standard InChI is InChI=1S/C11H16N2/c1-2-9-8-13-6-5-10(9)3-4-11(13)7-12/h2,9-11H,1,3-6,8H2/t9-,10+,11+/m0/s1. The third kappa shape index (κ3) is 1.49. The van der Waals surface area contributed by atoms with Crippen LogP contribution >= 0.6 is 0 Å². The highest BCUT2D eigenvalue weighted by atomic mass is 15.2. The van der Waals surface area contributed by atoms with Crippen LogP contribution < -0.4 is 0 Å². The molecule has 3 heterocycles. The second-order valence-electron chi connectivity index (χ2n) is 4.17. The molecule has 1 unspecified atom stereocenters. The Hall–Kier alpha value is -0.810. The quantitative estimate of drug-likeness (QED) is 0.570. The first-order valence-corrected chi connectivity index (χ1v) is 5.11. The first-order valence-electron chi connectivity index (χ1n) is 5.11. The second kappa shape index (κ2) is 3.51. The topological polar surface area (TPSA) is 27.0 Å². The highest BCUT2D eigenvalue weighted by molar-refractivity contribution is 5.02. The van der Waals surface area contributed by atoms with E-state index in [1.807, 2.05) is 0 Å². The van der Waals surface area contributed by atoms with Gasteiger partial charge in [0.25, 0.3) is 0 Å². The minimum Gasteiger partial charge on any atom is -0.287 e. The summed E-state index contributed by atoms with van der Waals surface area (Å²) in [6.45, 7) is 6.07. The van der Waals surface area contributed by atoms with Gasteiger partial charge in [0.05, 0.1) is 12.1 Å². The Kier molecular flexibility index (Phi) is 2.37. The Bertz CT molecular complexity index is 241. The molecule has 0 spiro atoms. The predicted octanol–water partition coefficient (Wildman–Crippen LogP) is 1.80. The first-order chi connectivity index (χ1) is 6.35. The average Bonchev–Trinajstić information content (AvgIpc) is 2.47. The maximum atomic E-state index is 8.98. The van der Waals surface area contributed by atoms with Gasteiger partial charge in [-0.1, -0.05) is 6.08 Å². The number of fused-ring (bicyclic) bond motifs is 4. The Morgan fingerprint density at radius 3 is 2.92 bits per heavy atom. The molecule has 0 N–H and O–H groups in total. The van der Waals surface area contributed by atoms with Gasteiger partial charge in [0.1, 0.15) is 0 Å². The van der Waals surface area contributed by atoms with Crippen molar-refractivity contribution in [2.75, 3.05) is 13.1 Å². The fourth-order valence-corrected chi connectivity index (χ4v) is 2.67. The van der Waals surface area contributed by atoms with Crippen LogP contribution in [0.25, 0.3) is 0 Å². The maximum absolute atomic E-state index is 8.98. The maximum Gasteiger partial charge on any atom is 0.0978 e. The van der Waals surface area contributed by atoms with Crippen LogP contribution in [0, 0.1) is 23.2 Å². The molecule has 2 bridgehead atoms. The molecule has 2 heteroatoms. The van der Waals surface area contributed by atoms with Gasteiger partial charge in [0.2, 0.25) is 0 Å².